The second-order valence-electron chi connectivity index (χ2n) is 6.11. The van der Waals surface area contributed by atoms with Gasteiger partial charge < -0.3 is 0 Å². The van der Waals surface area contributed by atoms with Crippen molar-refractivity contribution in [2.75, 3.05) is 0 Å². The Morgan fingerprint density at radius 1 is 1.07 bits per heavy atom. The molecular formula is C15H22. The normalized spacial score (nSPS) is 27.1. The van der Waals surface area contributed by atoms with Crippen LogP contribution in [0.1, 0.15) is 45.7 Å². The lowest BCUT2D eigenvalue weighted by molar-refractivity contribution is 0.0975. The van der Waals surface area contributed by atoms with E-state index in [4.69, 9.17) is 0 Å². The highest BCUT2D eigenvalue weighted by Gasteiger charge is 2.46. The van der Waals surface area contributed by atoms with Crippen LogP contribution in [0, 0.1) is 11.3 Å². The molecule has 0 bridgehead atoms. The van der Waals surface area contributed by atoms with Crippen LogP contribution < -0.4 is 0 Å². The third kappa shape index (κ3) is 1.34. The Kier molecular flexibility index (Phi) is 2.22. The third-order valence-corrected chi connectivity index (χ3v) is 5.06. The van der Waals surface area contributed by atoms with E-state index in [1.807, 2.05) is 0 Å². The summed E-state index contributed by atoms with van der Waals surface area (Å²) < 4.78 is 0. The molecule has 1 aromatic carbocycles. The molecule has 1 aromatic rings. The molecule has 0 amide bonds. The molecule has 0 aromatic heterocycles. The highest BCUT2D eigenvalue weighted by molar-refractivity contribution is 5.38. The van der Waals surface area contributed by atoms with Crippen LogP contribution in [0.3, 0.4) is 0 Å². The molecule has 1 unspecified atom stereocenters. The van der Waals surface area contributed by atoms with E-state index in [1.54, 1.807) is 11.1 Å². The summed E-state index contributed by atoms with van der Waals surface area (Å²) in [6, 6.07) is 8.94. The van der Waals surface area contributed by atoms with Crippen LogP contribution in [0.15, 0.2) is 24.3 Å². The molecule has 2 rings (SSSR count). The Balaban J connectivity index is 2.61. The third-order valence-electron chi connectivity index (χ3n) is 5.06. The maximum atomic E-state index is 2.41. The number of benzene rings is 1. The van der Waals surface area contributed by atoms with Crippen molar-refractivity contribution in [2.45, 2.75) is 46.5 Å². The van der Waals surface area contributed by atoms with Gasteiger partial charge in [0.25, 0.3) is 0 Å². The Bertz CT molecular complexity index is 371. The molecule has 0 radical (unpaired) electrons. The summed E-state index contributed by atoms with van der Waals surface area (Å²) >= 11 is 0. The topological polar surface area (TPSA) is 0 Å². The molecular weight excluding hydrogens is 180 g/mol. The zero-order valence-corrected chi connectivity index (χ0v) is 10.6. The largest absolute Gasteiger partial charge is 0.0620 e. The lowest BCUT2D eigenvalue weighted by Gasteiger charge is -2.51. The van der Waals surface area contributed by atoms with E-state index in [1.165, 1.54) is 6.42 Å². The van der Waals surface area contributed by atoms with Crippen molar-refractivity contribution >= 4 is 0 Å². The first-order valence-electron chi connectivity index (χ1n) is 5.96. The number of hydrogen-bond donors (Lipinski definition) is 0. The maximum Gasteiger partial charge on any atom is -0.00471 e. The molecule has 0 fully saturated rings. The van der Waals surface area contributed by atoms with E-state index in [2.05, 4.69) is 58.9 Å². The summed E-state index contributed by atoms with van der Waals surface area (Å²) in [5.41, 5.74) is 3.75. The molecule has 0 nitrogen and oxygen atoms in total. The molecule has 0 heteroatoms. The molecule has 0 N–H and O–H groups in total. The van der Waals surface area contributed by atoms with Gasteiger partial charge in [0.2, 0.25) is 0 Å². The van der Waals surface area contributed by atoms with Gasteiger partial charge in [-0.3, -0.25) is 0 Å². The summed E-state index contributed by atoms with van der Waals surface area (Å²) in [6.45, 7) is 12.0. The predicted octanol–water partition coefficient (Wildman–Crippen LogP) is 4.18. The van der Waals surface area contributed by atoms with Crippen LogP contribution in [-0.2, 0) is 11.8 Å². The fraction of sp³-hybridized carbons (Fsp3) is 0.600. The van der Waals surface area contributed by atoms with E-state index in [0.29, 0.717) is 5.41 Å². The van der Waals surface area contributed by atoms with Crippen molar-refractivity contribution in [1.82, 2.24) is 0 Å². The average Bonchev–Trinajstić information content (AvgIpc) is 2.16. The smallest absolute Gasteiger partial charge is 0.00471 e. The van der Waals surface area contributed by atoms with Gasteiger partial charge in [-0.05, 0) is 34.3 Å². The first-order chi connectivity index (χ1) is 6.87. The van der Waals surface area contributed by atoms with Gasteiger partial charge in [0.05, 0.1) is 0 Å². The van der Waals surface area contributed by atoms with Gasteiger partial charge in [-0.1, -0.05) is 58.9 Å². The SMILES string of the molecule is CC1Cc2ccccc2C(C)(C)C1(C)C. The molecule has 0 saturated heterocycles. The van der Waals surface area contributed by atoms with E-state index >= 15 is 0 Å². The molecule has 0 heterocycles. The van der Waals surface area contributed by atoms with E-state index in [9.17, 15) is 0 Å². The van der Waals surface area contributed by atoms with E-state index in [-0.39, 0.29) is 5.41 Å². The van der Waals surface area contributed by atoms with Crippen LogP contribution in [0.25, 0.3) is 0 Å². The van der Waals surface area contributed by atoms with Crippen LogP contribution in [0.4, 0.5) is 0 Å². The first-order valence-corrected chi connectivity index (χ1v) is 5.96. The van der Waals surface area contributed by atoms with E-state index < -0.39 is 0 Å². The average molecular weight is 202 g/mol. The van der Waals surface area contributed by atoms with Gasteiger partial charge in [0.15, 0.2) is 0 Å². The summed E-state index contributed by atoms with van der Waals surface area (Å²) in [7, 11) is 0. The second-order valence-corrected chi connectivity index (χ2v) is 6.11. The molecule has 1 aliphatic rings. The molecule has 82 valence electrons. The lowest BCUT2D eigenvalue weighted by atomic mass is 9.53. The monoisotopic (exact) mass is 202 g/mol. The maximum absolute atomic E-state index is 2.41. The van der Waals surface area contributed by atoms with Crippen molar-refractivity contribution in [2.24, 2.45) is 11.3 Å². The summed E-state index contributed by atoms with van der Waals surface area (Å²) in [5, 5.41) is 0. The van der Waals surface area contributed by atoms with Crippen molar-refractivity contribution in [1.29, 1.82) is 0 Å². The number of hydrogen-bond acceptors (Lipinski definition) is 0. The molecule has 0 aliphatic heterocycles. The minimum Gasteiger partial charge on any atom is -0.0620 e. The van der Waals surface area contributed by atoms with Gasteiger partial charge in [-0.2, -0.15) is 0 Å². The zero-order chi connectivity index (χ0) is 11.3. The quantitative estimate of drug-likeness (QED) is 0.592. The first kappa shape index (κ1) is 10.7. The van der Waals surface area contributed by atoms with Gasteiger partial charge >= 0.3 is 0 Å². The fourth-order valence-corrected chi connectivity index (χ4v) is 2.86. The Labute approximate surface area is 93.7 Å². The lowest BCUT2D eigenvalue weighted by Crippen LogP contribution is -2.46. The predicted molar refractivity (Wildman–Crippen MR) is 66.1 cm³/mol. The molecule has 1 atom stereocenters. The Morgan fingerprint density at radius 2 is 1.67 bits per heavy atom. The number of rotatable bonds is 0. The van der Waals surface area contributed by atoms with Gasteiger partial charge in [-0.25, -0.2) is 0 Å². The molecule has 15 heavy (non-hydrogen) atoms. The zero-order valence-electron chi connectivity index (χ0n) is 10.6. The molecule has 0 spiro atoms. The van der Waals surface area contributed by atoms with Crippen molar-refractivity contribution in [3.63, 3.8) is 0 Å². The summed E-state index contributed by atoms with van der Waals surface area (Å²) in [5.74, 6) is 0.752. The standard InChI is InChI=1S/C15H22/c1-11-10-12-8-6-7-9-13(12)15(4,5)14(11,2)3/h6-9,11H,10H2,1-5H3. The Hall–Kier alpha value is -0.780. The van der Waals surface area contributed by atoms with Crippen LogP contribution >= 0.6 is 0 Å². The minimum atomic E-state index is 0.279. The van der Waals surface area contributed by atoms with Crippen LogP contribution in [0.2, 0.25) is 0 Å². The summed E-state index contributed by atoms with van der Waals surface area (Å²) in [6.07, 6.45) is 1.23. The highest BCUT2D eigenvalue weighted by atomic mass is 14.5. The van der Waals surface area contributed by atoms with Crippen LogP contribution in [-0.4, -0.2) is 0 Å². The van der Waals surface area contributed by atoms with Crippen molar-refractivity contribution < 1.29 is 0 Å². The molecule has 0 saturated carbocycles. The highest BCUT2D eigenvalue weighted by Crippen LogP contribution is 2.52. The van der Waals surface area contributed by atoms with Gasteiger partial charge in [0.1, 0.15) is 0 Å². The molecule has 1 aliphatic carbocycles. The van der Waals surface area contributed by atoms with Crippen molar-refractivity contribution in [3.05, 3.63) is 35.4 Å². The fourth-order valence-electron chi connectivity index (χ4n) is 2.86. The summed E-state index contributed by atoms with van der Waals surface area (Å²) in [4.78, 5) is 0. The number of fused-ring (bicyclic) bond motifs is 1. The van der Waals surface area contributed by atoms with E-state index in [0.717, 1.165) is 5.92 Å². The van der Waals surface area contributed by atoms with Crippen LogP contribution in [0.5, 0.6) is 0 Å². The Morgan fingerprint density at radius 3 is 2.33 bits per heavy atom. The second kappa shape index (κ2) is 3.10. The van der Waals surface area contributed by atoms with Crippen molar-refractivity contribution in [3.8, 4) is 0 Å². The minimum absolute atomic E-state index is 0.279. The van der Waals surface area contributed by atoms with Gasteiger partial charge in [-0.15, -0.1) is 0 Å². The van der Waals surface area contributed by atoms with Gasteiger partial charge in [0, 0.05) is 0 Å².